The predicted molar refractivity (Wildman–Crippen MR) is 227 cm³/mol. The highest BCUT2D eigenvalue weighted by Crippen LogP contribution is 2.15. The zero-order valence-electron chi connectivity index (χ0n) is 33.3. The second-order valence-corrected chi connectivity index (χ2v) is 13.4. The molecule has 0 amide bonds. The SMILES string of the molecule is CC/C=C\C/C=C\C/C=C\C/C=C\C/C=C\C(CCCCC(=O)O)OC(=O)CCCCCCCCCCCC/C=C\C/C=C\C/C=C\C/C=C\CC. The molecule has 0 rings (SSSR count). The molecule has 4 nitrogen and oxygen atoms in total. The van der Waals surface area contributed by atoms with E-state index in [0.29, 0.717) is 19.3 Å². The number of allylic oxidation sites excluding steroid dienone is 17. The zero-order valence-corrected chi connectivity index (χ0v) is 33.3. The molecule has 0 aromatic heterocycles. The summed E-state index contributed by atoms with van der Waals surface area (Å²) in [5.41, 5.74) is 0. The van der Waals surface area contributed by atoms with Crippen molar-refractivity contribution in [2.24, 2.45) is 0 Å². The minimum absolute atomic E-state index is 0.144. The van der Waals surface area contributed by atoms with Crippen molar-refractivity contribution in [2.45, 2.75) is 180 Å². The average Bonchev–Trinajstić information content (AvgIpc) is 3.13. The molecule has 0 spiro atoms. The lowest BCUT2D eigenvalue weighted by Crippen LogP contribution is -2.16. The van der Waals surface area contributed by atoms with Crippen LogP contribution in [0.4, 0.5) is 0 Å². The van der Waals surface area contributed by atoms with Crippen LogP contribution in [0.25, 0.3) is 0 Å². The van der Waals surface area contributed by atoms with Crippen LogP contribution in [0.5, 0.6) is 0 Å². The van der Waals surface area contributed by atoms with Gasteiger partial charge >= 0.3 is 11.9 Å². The van der Waals surface area contributed by atoms with Gasteiger partial charge in [0, 0.05) is 12.8 Å². The van der Waals surface area contributed by atoms with Crippen LogP contribution in [0.1, 0.15) is 174 Å². The lowest BCUT2D eigenvalue weighted by atomic mass is 10.0. The molecule has 0 fully saturated rings. The molecular weight excluding hydrogens is 641 g/mol. The largest absolute Gasteiger partial charge is 0.481 e. The summed E-state index contributed by atoms with van der Waals surface area (Å²) in [6.45, 7) is 4.31. The summed E-state index contributed by atoms with van der Waals surface area (Å²) in [7, 11) is 0. The van der Waals surface area contributed by atoms with E-state index in [4.69, 9.17) is 9.84 Å². The lowest BCUT2D eigenvalue weighted by molar-refractivity contribution is -0.147. The van der Waals surface area contributed by atoms with E-state index in [-0.39, 0.29) is 18.5 Å². The number of aliphatic carboxylic acids is 1. The van der Waals surface area contributed by atoms with Gasteiger partial charge in [-0.15, -0.1) is 0 Å². The van der Waals surface area contributed by atoms with E-state index in [1.54, 1.807) is 0 Å². The van der Waals surface area contributed by atoms with Crippen LogP contribution in [-0.2, 0) is 14.3 Å². The Labute approximate surface area is 320 Å². The number of ether oxygens (including phenoxy) is 1. The maximum Gasteiger partial charge on any atom is 0.306 e. The highest BCUT2D eigenvalue weighted by Gasteiger charge is 2.12. The number of carboxylic acid groups (broad SMARTS) is 1. The van der Waals surface area contributed by atoms with Crippen molar-refractivity contribution in [3.05, 3.63) is 109 Å². The quantitative estimate of drug-likeness (QED) is 0.0398. The first kappa shape index (κ1) is 48.6. The summed E-state index contributed by atoms with van der Waals surface area (Å²) in [5.74, 6) is -0.925. The molecule has 52 heavy (non-hydrogen) atoms. The van der Waals surface area contributed by atoms with Crippen LogP contribution in [0, 0.1) is 0 Å². The number of carbonyl (C=O) groups is 2. The third-order valence-electron chi connectivity index (χ3n) is 8.47. The maximum absolute atomic E-state index is 12.6. The molecule has 1 atom stereocenters. The minimum Gasteiger partial charge on any atom is -0.481 e. The number of unbranched alkanes of at least 4 members (excludes halogenated alkanes) is 11. The summed E-state index contributed by atoms with van der Waals surface area (Å²) in [5, 5.41) is 8.95. The third kappa shape index (κ3) is 41.0. The fourth-order valence-corrected chi connectivity index (χ4v) is 5.47. The van der Waals surface area contributed by atoms with Gasteiger partial charge in [0.25, 0.3) is 0 Å². The molecule has 1 unspecified atom stereocenters. The van der Waals surface area contributed by atoms with Crippen molar-refractivity contribution in [1.82, 2.24) is 0 Å². The van der Waals surface area contributed by atoms with Gasteiger partial charge in [-0.1, -0.05) is 169 Å². The second-order valence-electron chi connectivity index (χ2n) is 13.4. The van der Waals surface area contributed by atoms with Gasteiger partial charge in [0.15, 0.2) is 0 Å². The number of carboxylic acids is 1. The Balaban J connectivity index is 3.99. The number of rotatable bonds is 36. The third-order valence-corrected chi connectivity index (χ3v) is 8.47. The van der Waals surface area contributed by atoms with Crippen LogP contribution in [0.3, 0.4) is 0 Å². The summed E-state index contributed by atoms with van der Waals surface area (Å²) in [4.78, 5) is 23.5. The Bertz CT molecular complexity index is 1080. The van der Waals surface area contributed by atoms with Crippen LogP contribution in [0.2, 0.25) is 0 Å². The standard InChI is InChI=1S/C48H76O4/c1-3-5-7-9-11-13-15-17-19-20-21-22-23-24-25-26-27-29-31-33-35-37-39-45-48(51)52-46(43-40-41-44-47(49)50)42-38-36-34-32-30-28-18-16-14-12-10-8-6-4-2/h5-8,11-14,17-19,21-22,28,32,34,38,42,46H,3-4,9-10,15-16,20,23-27,29-31,33,35-37,39-41,43-45H2,1-2H3,(H,49,50)/b7-5-,8-6-,13-11-,14-12-,19-17-,22-21-,28-18-,34-32-,42-38-. The molecule has 0 aromatic rings. The van der Waals surface area contributed by atoms with Crippen molar-refractivity contribution >= 4 is 11.9 Å². The molecule has 0 aliphatic heterocycles. The molecular formula is C48H76O4. The first-order valence-electron chi connectivity index (χ1n) is 20.9. The molecule has 0 heterocycles. The van der Waals surface area contributed by atoms with Crippen LogP contribution < -0.4 is 0 Å². The normalized spacial score (nSPS) is 13.4. The summed E-state index contributed by atoms with van der Waals surface area (Å²) in [6, 6.07) is 0. The van der Waals surface area contributed by atoms with Gasteiger partial charge < -0.3 is 9.84 Å². The maximum atomic E-state index is 12.6. The zero-order chi connectivity index (χ0) is 37.8. The van der Waals surface area contributed by atoms with Gasteiger partial charge in [-0.25, -0.2) is 0 Å². The Kier molecular flexibility index (Phi) is 39.3. The monoisotopic (exact) mass is 717 g/mol. The number of carbonyl (C=O) groups excluding carboxylic acids is 1. The average molecular weight is 717 g/mol. The van der Waals surface area contributed by atoms with Crippen LogP contribution in [-0.4, -0.2) is 23.1 Å². The molecule has 0 saturated carbocycles. The first-order chi connectivity index (χ1) is 25.6. The van der Waals surface area contributed by atoms with E-state index in [1.807, 2.05) is 12.2 Å². The molecule has 0 aromatic carbocycles. The van der Waals surface area contributed by atoms with Gasteiger partial charge in [-0.2, -0.15) is 0 Å². The molecule has 0 aliphatic carbocycles. The van der Waals surface area contributed by atoms with Gasteiger partial charge in [-0.3, -0.25) is 9.59 Å². The van der Waals surface area contributed by atoms with Gasteiger partial charge in [-0.05, 0) is 102 Å². The Morgan fingerprint density at radius 2 is 0.808 bits per heavy atom. The Morgan fingerprint density at radius 1 is 0.442 bits per heavy atom. The molecule has 4 heteroatoms. The number of hydrogen-bond donors (Lipinski definition) is 1. The first-order valence-corrected chi connectivity index (χ1v) is 20.9. The van der Waals surface area contributed by atoms with E-state index < -0.39 is 5.97 Å². The van der Waals surface area contributed by atoms with E-state index >= 15 is 0 Å². The van der Waals surface area contributed by atoms with Gasteiger partial charge in [0.2, 0.25) is 0 Å². The van der Waals surface area contributed by atoms with Crippen LogP contribution >= 0.6 is 0 Å². The van der Waals surface area contributed by atoms with E-state index in [1.165, 1.54) is 57.8 Å². The van der Waals surface area contributed by atoms with E-state index in [2.05, 4.69) is 111 Å². The Hall–Kier alpha value is -3.40. The topological polar surface area (TPSA) is 63.6 Å². The predicted octanol–water partition coefficient (Wildman–Crippen LogP) is 14.8. The van der Waals surface area contributed by atoms with Crippen molar-refractivity contribution in [1.29, 1.82) is 0 Å². The molecule has 0 aliphatic rings. The lowest BCUT2D eigenvalue weighted by Gasteiger charge is -2.14. The van der Waals surface area contributed by atoms with E-state index in [9.17, 15) is 9.59 Å². The van der Waals surface area contributed by atoms with E-state index in [0.717, 1.165) is 77.0 Å². The molecule has 1 N–H and O–H groups in total. The smallest absolute Gasteiger partial charge is 0.306 e. The highest BCUT2D eigenvalue weighted by molar-refractivity contribution is 5.69. The summed E-state index contributed by atoms with van der Waals surface area (Å²) >= 11 is 0. The summed E-state index contributed by atoms with van der Waals surface area (Å²) in [6.07, 6.45) is 64.1. The van der Waals surface area contributed by atoms with Gasteiger partial charge in [0.05, 0.1) is 0 Å². The van der Waals surface area contributed by atoms with Crippen molar-refractivity contribution in [2.75, 3.05) is 0 Å². The second kappa shape index (κ2) is 42.0. The molecule has 0 bridgehead atoms. The highest BCUT2D eigenvalue weighted by atomic mass is 16.5. The molecule has 0 saturated heterocycles. The summed E-state index contributed by atoms with van der Waals surface area (Å²) < 4.78 is 5.79. The number of esters is 1. The fourth-order valence-electron chi connectivity index (χ4n) is 5.47. The minimum atomic E-state index is -0.781. The molecule has 292 valence electrons. The van der Waals surface area contributed by atoms with Crippen molar-refractivity contribution in [3.8, 4) is 0 Å². The molecule has 0 radical (unpaired) electrons. The number of hydrogen-bond acceptors (Lipinski definition) is 3. The van der Waals surface area contributed by atoms with Gasteiger partial charge in [0.1, 0.15) is 6.10 Å². The Morgan fingerprint density at radius 3 is 1.25 bits per heavy atom. The van der Waals surface area contributed by atoms with Crippen molar-refractivity contribution < 1.29 is 19.4 Å². The van der Waals surface area contributed by atoms with Crippen molar-refractivity contribution in [3.63, 3.8) is 0 Å². The van der Waals surface area contributed by atoms with Crippen LogP contribution in [0.15, 0.2) is 109 Å². The fraction of sp³-hybridized carbons (Fsp3) is 0.583.